The first kappa shape index (κ1) is 31.7. The predicted octanol–water partition coefficient (Wildman–Crippen LogP) is 3.79. The average Bonchev–Trinajstić information content (AvgIpc) is 3.05. The third-order valence-corrected chi connectivity index (χ3v) is 9.53. The SMILES string of the molecule is CCc1nc2c(N)ncc(-c3ccc(N4CCC(N5CCN(CC(C)(C)O)CC5)CC4)c(OC)c3)c2nc1NC1CCOCC1. The van der Waals surface area contributed by atoms with E-state index >= 15 is 0 Å². The number of aliphatic hydroxyl groups is 1. The van der Waals surface area contributed by atoms with Gasteiger partial charge in [0, 0.05) is 82.9 Å². The minimum Gasteiger partial charge on any atom is -0.495 e. The number of fused-ring (bicyclic) bond motifs is 1. The van der Waals surface area contributed by atoms with E-state index in [2.05, 4.69) is 50.1 Å². The Bertz CT molecular complexity index is 1460. The summed E-state index contributed by atoms with van der Waals surface area (Å²) < 4.78 is 11.5. The summed E-state index contributed by atoms with van der Waals surface area (Å²) in [7, 11) is 1.74. The van der Waals surface area contributed by atoms with Crippen molar-refractivity contribution in [3.05, 3.63) is 30.1 Å². The molecule has 3 aromatic rings. The van der Waals surface area contributed by atoms with E-state index in [4.69, 9.17) is 25.2 Å². The zero-order valence-electron chi connectivity index (χ0n) is 27.4. The smallest absolute Gasteiger partial charge is 0.151 e. The molecule has 0 spiro atoms. The van der Waals surface area contributed by atoms with Gasteiger partial charge in [0.15, 0.2) is 5.82 Å². The van der Waals surface area contributed by atoms with Crippen molar-refractivity contribution in [2.45, 2.75) is 70.6 Å². The van der Waals surface area contributed by atoms with Crippen molar-refractivity contribution in [1.82, 2.24) is 24.8 Å². The van der Waals surface area contributed by atoms with Gasteiger partial charge in [-0.25, -0.2) is 15.0 Å². The fourth-order valence-corrected chi connectivity index (χ4v) is 7.11. The van der Waals surface area contributed by atoms with Crippen molar-refractivity contribution < 1.29 is 14.6 Å². The molecule has 3 aliphatic rings. The fourth-order valence-electron chi connectivity index (χ4n) is 7.11. The number of aryl methyl sites for hydroxylation is 1. The number of hydrogen-bond donors (Lipinski definition) is 3. The Morgan fingerprint density at radius 2 is 1.76 bits per heavy atom. The Balaban J connectivity index is 1.18. The number of piperazine rings is 1. The van der Waals surface area contributed by atoms with Gasteiger partial charge in [-0.3, -0.25) is 9.80 Å². The Morgan fingerprint density at radius 3 is 2.42 bits per heavy atom. The van der Waals surface area contributed by atoms with Crippen LogP contribution in [0.2, 0.25) is 0 Å². The molecule has 0 amide bonds. The van der Waals surface area contributed by atoms with E-state index in [0.717, 1.165) is 131 Å². The summed E-state index contributed by atoms with van der Waals surface area (Å²) >= 11 is 0. The molecule has 0 bridgehead atoms. The molecule has 1 aromatic carbocycles. The van der Waals surface area contributed by atoms with Crippen molar-refractivity contribution in [1.29, 1.82) is 0 Å². The molecule has 4 N–H and O–H groups in total. The van der Waals surface area contributed by atoms with Crippen LogP contribution in [0.5, 0.6) is 5.75 Å². The van der Waals surface area contributed by atoms with Gasteiger partial charge < -0.3 is 30.5 Å². The summed E-state index contributed by atoms with van der Waals surface area (Å²) in [5.74, 6) is 2.04. The molecule has 2 aromatic heterocycles. The Labute approximate surface area is 267 Å². The lowest BCUT2D eigenvalue weighted by Gasteiger charge is -2.44. The van der Waals surface area contributed by atoms with Crippen LogP contribution in [0.25, 0.3) is 22.2 Å². The number of aromatic nitrogens is 3. The average molecular weight is 619 g/mol. The van der Waals surface area contributed by atoms with E-state index in [9.17, 15) is 5.11 Å². The van der Waals surface area contributed by atoms with E-state index in [1.807, 2.05) is 13.8 Å². The van der Waals surface area contributed by atoms with E-state index in [1.165, 1.54) is 0 Å². The molecule has 0 aliphatic carbocycles. The minimum atomic E-state index is -0.642. The number of pyridine rings is 1. The van der Waals surface area contributed by atoms with Crippen LogP contribution < -0.4 is 20.7 Å². The van der Waals surface area contributed by atoms with Gasteiger partial charge in [-0.15, -0.1) is 0 Å². The lowest BCUT2D eigenvalue weighted by Crippen LogP contribution is -2.55. The maximum absolute atomic E-state index is 10.2. The van der Waals surface area contributed by atoms with E-state index < -0.39 is 5.60 Å². The number of hydrogen-bond acceptors (Lipinski definition) is 11. The monoisotopic (exact) mass is 618 g/mol. The molecule has 5 heterocycles. The Hall–Kier alpha value is -3.25. The van der Waals surface area contributed by atoms with Crippen LogP contribution in [0, 0.1) is 0 Å². The molecule has 3 fully saturated rings. The number of anilines is 3. The molecule has 0 radical (unpaired) electrons. The van der Waals surface area contributed by atoms with Crippen LogP contribution in [-0.2, 0) is 11.2 Å². The standard InChI is InChI=1S/C34H50N8O3/c1-5-27-33(37-24-10-18-45-19-11-24)39-30-26(21-36-32(35)31(30)38-27)23-6-7-28(29(20-23)44-4)42-12-8-25(9-13-42)41-16-14-40(15-17-41)22-34(2,3)43/h6-7,20-21,24-25,43H,5,8-19,22H2,1-4H3,(H2,35,36)(H,37,39). The van der Waals surface area contributed by atoms with Crippen LogP contribution in [0.15, 0.2) is 24.4 Å². The van der Waals surface area contributed by atoms with Crippen molar-refractivity contribution >= 4 is 28.4 Å². The van der Waals surface area contributed by atoms with Crippen molar-refractivity contribution in [3.63, 3.8) is 0 Å². The highest BCUT2D eigenvalue weighted by Gasteiger charge is 2.30. The van der Waals surface area contributed by atoms with E-state index in [-0.39, 0.29) is 0 Å². The van der Waals surface area contributed by atoms with Crippen LogP contribution in [-0.4, -0.2) is 114 Å². The van der Waals surface area contributed by atoms with Crippen LogP contribution >= 0.6 is 0 Å². The molecule has 6 rings (SSSR count). The predicted molar refractivity (Wildman–Crippen MR) is 180 cm³/mol. The molecule has 45 heavy (non-hydrogen) atoms. The van der Waals surface area contributed by atoms with Gasteiger partial charge in [-0.05, 0) is 63.6 Å². The molecule has 11 heteroatoms. The number of piperidine rings is 1. The zero-order valence-corrected chi connectivity index (χ0v) is 27.4. The molecule has 3 aliphatic heterocycles. The number of nitrogens with two attached hydrogens (primary N) is 1. The van der Waals surface area contributed by atoms with Crippen molar-refractivity contribution in [2.75, 3.05) is 82.1 Å². The largest absolute Gasteiger partial charge is 0.495 e. The number of β-amino-alcohol motifs (C(OH)–C–C–N with tert-alkyl or cyclic N) is 1. The Kier molecular flexibility index (Phi) is 9.60. The van der Waals surface area contributed by atoms with Gasteiger partial charge in [-0.1, -0.05) is 13.0 Å². The summed E-state index contributed by atoms with van der Waals surface area (Å²) in [6.45, 7) is 14.3. The molecule has 0 saturated carbocycles. The second kappa shape index (κ2) is 13.6. The first-order chi connectivity index (χ1) is 21.7. The molecular weight excluding hydrogens is 568 g/mol. The lowest BCUT2D eigenvalue weighted by molar-refractivity contribution is 0.00885. The van der Waals surface area contributed by atoms with Crippen molar-refractivity contribution in [3.8, 4) is 16.9 Å². The summed E-state index contributed by atoms with van der Waals surface area (Å²) in [6, 6.07) is 7.31. The van der Waals surface area contributed by atoms with Gasteiger partial charge in [0.2, 0.25) is 0 Å². The van der Waals surface area contributed by atoms with Crippen molar-refractivity contribution in [2.24, 2.45) is 0 Å². The number of nitrogens with zero attached hydrogens (tertiary/aromatic N) is 6. The normalized spacial score (nSPS) is 19.7. The number of rotatable bonds is 9. The number of nitrogen functional groups attached to an aromatic ring is 1. The second-order valence-electron chi connectivity index (χ2n) is 13.4. The molecular formula is C34H50N8O3. The van der Waals surface area contributed by atoms with Crippen LogP contribution in [0.1, 0.15) is 52.1 Å². The Morgan fingerprint density at radius 1 is 1.02 bits per heavy atom. The number of methoxy groups -OCH3 is 1. The van der Waals surface area contributed by atoms with E-state index in [0.29, 0.717) is 23.4 Å². The molecule has 0 atom stereocenters. The number of benzene rings is 1. The van der Waals surface area contributed by atoms with Gasteiger partial charge in [0.05, 0.1) is 24.1 Å². The highest BCUT2D eigenvalue weighted by molar-refractivity contribution is 5.97. The van der Waals surface area contributed by atoms with Crippen LogP contribution in [0.3, 0.4) is 0 Å². The third-order valence-electron chi connectivity index (χ3n) is 9.53. The number of ether oxygens (including phenoxy) is 2. The summed E-state index contributed by atoms with van der Waals surface area (Å²) in [5, 5.41) is 13.8. The molecule has 3 saturated heterocycles. The molecule has 244 valence electrons. The summed E-state index contributed by atoms with van der Waals surface area (Å²) in [4.78, 5) is 22.1. The maximum Gasteiger partial charge on any atom is 0.151 e. The quantitative estimate of drug-likeness (QED) is 0.324. The highest BCUT2D eigenvalue weighted by Crippen LogP contribution is 2.38. The summed E-state index contributed by atoms with van der Waals surface area (Å²) in [6.07, 6.45) is 6.70. The van der Waals surface area contributed by atoms with E-state index in [1.54, 1.807) is 13.3 Å². The topological polar surface area (TPSA) is 125 Å². The molecule has 11 nitrogen and oxygen atoms in total. The zero-order chi connectivity index (χ0) is 31.6. The fraction of sp³-hybridized carbons (Fsp3) is 0.618. The van der Waals surface area contributed by atoms with Gasteiger partial charge in [0.1, 0.15) is 22.6 Å². The minimum absolute atomic E-state index is 0.310. The van der Waals surface area contributed by atoms with Crippen LogP contribution in [0.4, 0.5) is 17.3 Å². The van der Waals surface area contributed by atoms with Gasteiger partial charge >= 0.3 is 0 Å². The van der Waals surface area contributed by atoms with Gasteiger partial charge in [0.25, 0.3) is 0 Å². The summed E-state index contributed by atoms with van der Waals surface area (Å²) in [5.41, 5.74) is 10.9. The molecule has 0 unspecified atom stereocenters. The highest BCUT2D eigenvalue weighted by atomic mass is 16.5. The first-order valence-corrected chi connectivity index (χ1v) is 16.6. The third kappa shape index (κ3) is 7.27. The first-order valence-electron chi connectivity index (χ1n) is 16.6. The second-order valence-corrected chi connectivity index (χ2v) is 13.4. The number of nitrogens with one attached hydrogen (secondary N) is 1. The lowest BCUT2D eigenvalue weighted by atomic mass is 10.00. The maximum atomic E-state index is 10.2. The van der Waals surface area contributed by atoms with Gasteiger partial charge in [-0.2, -0.15) is 0 Å².